The van der Waals surface area contributed by atoms with Gasteiger partial charge in [-0.25, -0.2) is 4.79 Å². The number of esters is 1. The minimum Gasteiger partial charge on any atom is -0.497 e. The van der Waals surface area contributed by atoms with Crippen molar-refractivity contribution in [3.05, 3.63) is 23.8 Å². The number of hydrogen-bond acceptors (Lipinski definition) is 5. The third kappa shape index (κ3) is 3.96. The number of nitrogens with two attached hydrogens (primary N) is 1. The number of methoxy groups -OCH3 is 1. The van der Waals surface area contributed by atoms with Gasteiger partial charge in [0.1, 0.15) is 11.5 Å². The molecule has 1 aromatic carbocycles. The van der Waals surface area contributed by atoms with Gasteiger partial charge in [0.15, 0.2) is 6.61 Å². The number of carbonyl (C=O) groups is 1. The summed E-state index contributed by atoms with van der Waals surface area (Å²) in [6.45, 7) is 2.29. The molecule has 0 saturated heterocycles. The molecule has 0 bridgehead atoms. The average molecular weight is 239 g/mol. The van der Waals surface area contributed by atoms with Crippen molar-refractivity contribution in [2.75, 3.05) is 20.3 Å². The molecule has 2 N–H and O–H groups in total. The van der Waals surface area contributed by atoms with E-state index in [1.165, 1.54) is 0 Å². The topological polar surface area (TPSA) is 70.8 Å². The monoisotopic (exact) mass is 239 g/mol. The zero-order chi connectivity index (χ0) is 12.7. The molecule has 94 valence electrons. The molecule has 0 radical (unpaired) electrons. The highest BCUT2D eigenvalue weighted by atomic mass is 16.6. The van der Waals surface area contributed by atoms with Crippen molar-refractivity contribution >= 4 is 5.97 Å². The van der Waals surface area contributed by atoms with Crippen LogP contribution in [0.25, 0.3) is 0 Å². The lowest BCUT2D eigenvalue weighted by molar-refractivity contribution is -0.145. The van der Waals surface area contributed by atoms with Gasteiger partial charge in [-0.15, -0.1) is 0 Å². The van der Waals surface area contributed by atoms with Crippen LogP contribution >= 0.6 is 0 Å². The lowest BCUT2D eigenvalue weighted by atomic mass is 10.2. The summed E-state index contributed by atoms with van der Waals surface area (Å²) in [5.41, 5.74) is 6.37. The van der Waals surface area contributed by atoms with Crippen molar-refractivity contribution in [2.24, 2.45) is 5.73 Å². The van der Waals surface area contributed by atoms with Crippen LogP contribution in [-0.4, -0.2) is 26.3 Å². The average Bonchev–Trinajstić information content (AvgIpc) is 2.36. The van der Waals surface area contributed by atoms with E-state index in [0.717, 1.165) is 5.56 Å². The fourth-order valence-electron chi connectivity index (χ4n) is 1.32. The lowest BCUT2D eigenvalue weighted by Crippen LogP contribution is -2.15. The van der Waals surface area contributed by atoms with Crippen molar-refractivity contribution < 1.29 is 19.0 Å². The van der Waals surface area contributed by atoms with Crippen LogP contribution in [-0.2, 0) is 16.1 Å². The fraction of sp³-hybridized carbons (Fsp3) is 0.417. The molecule has 0 heterocycles. The van der Waals surface area contributed by atoms with Crippen LogP contribution in [0.3, 0.4) is 0 Å². The van der Waals surface area contributed by atoms with Gasteiger partial charge in [-0.3, -0.25) is 0 Å². The lowest BCUT2D eigenvalue weighted by Gasteiger charge is -2.11. The Bertz CT molecular complexity index is 379. The first-order chi connectivity index (χ1) is 8.21. The third-order valence-corrected chi connectivity index (χ3v) is 2.14. The molecule has 1 aromatic rings. The van der Waals surface area contributed by atoms with E-state index in [9.17, 15) is 4.79 Å². The number of carbonyl (C=O) groups excluding carboxylic acids is 1. The number of rotatable bonds is 6. The quantitative estimate of drug-likeness (QED) is 0.752. The van der Waals surface area contributed by atoms with Gasteiger partial charge in [-0.2, -0.15) is 0 Å². The van der Waals surface area contributed by atoms with Crippen LogP contribution < -0.4 is 15.2 Å². The van der Waals surface area contributed by atoms with Crippen molar-refractivity contribution in [3.63, 3.8) is 0 Å². The summed E-state index contributed by atoms with van der Waals surface area (Å²) in [7, 11) is 1.58. The van der Waals surface area contributed by atoms with E-state index in [1.54, 1.807) is 32.2 Å². The Balaban J connectivity index is 2.67. The molecule has 0 aromatic heterocycles. The normalized spacial score (nSPS) is 9.82. The Morgan fingerprint density at radius 2 is 2.18 bits per heavy atom. The molecule has 5 heteroatoms. The van der Waals surface area contributed by atoms with Gasteiger partial charge in [-0.1, -0.05) is 0 Å². The van der Waals surface area contributed by atoms with E-state index >= 15 is 0 Å². The summed E-state index contributed by atoms with van der Waals surface area (Å²) in [4.78, 5) is 11.1. The van der Waals surface area contributed by atoms with E-state index in [4.69, 9.17) is 19.9 Å². The van der Waals surface area contributed by atoms with Crippen LogP contribution in [0, 0.1) is 0 Å². The summed E-state index contributed by atoms with van der Waals surface area (Å²) in [6, 6.07) is 5.25. The van der Waals surface area contributed by atoms with E-state index in [0.29, 0.717) is 24.7 Å². The first-order valence-electron chi connectivity index (χ1n) is 5.36. The number of ether oxygens (including phenoxy) is 3. The minimum absolute atomic E-state index is 0.118. The molecule has 0 spiro atoms. The highest BCUT2D eigenvalue weighted by molar-refractivity contribution is 5.71. The molecule has 0 unspecified atom stereocenters. The molecule has 0 aliphatic carbocycles. The maximum Gasteiger partial charge on any atom is 0.344 e. The van der Waals surface area contributed by atoms with Gasteiger partial charge >= 0.3 is 5.97 Å². The third-order valence-electron chi connectivity index (χ3n) is 2.14. The fourth-order valence-corrected chi connectivity index (χ4v) is 1.32. The van der Waals surface area contributed by atoms with Crippen LogP contribution in [0.4, 0.5) is 0 Å². The van der Waals surface area contributed by atoms with E-state index in [2.05, 4.69) is 0 Å². The molecule has 0 saturated carbocycles. The summed E-state index contributed by atoms with van der Waals surface area (Å²) in [5.74, 6) is 0.876. The van der Waals surface area contributed by atoms with Crippen LogP contribution in [0.1, 0.15) is 12.5 Å². The Labute approximate surface area is 100 Å². The van der Waals surface area contributed by atoms with Crippen molar-refractivity contribution in [1.29, 1.82) is 0 Å². The van der Waals surface area contributed by atoms with E-state index in [-0.39, 0.29) is 6.61 Å². The van der Waals surface area contributed by atoms with Crippen LogP contribution in [0.2, 0.25) is 0 Å². The molecular weight excluding hydrogens is 222 g/mol. The Morgan fingerprint density at radius 1 is 1.41 bits per heavy atom. The SMILES string of the molecule is CCOC(=O)COc1ccc(OC)cc1CN. The van der Waals surface area contributed by atoms with Crippen molar-refractivity contribution in [3.8, 4) is 11.5 Å². The molecule has 0 atom stereocenters. The molecule has 0 fully saturated rings. The van der Waals surface area contributed by atoms with E-state index in [1.807, 2.05) is 0 Å². The zero-order valence-electron chi connectivity index (χ0n) is 10.1. The maximum absolute atomic E-state index is 11.1. The van der Waals surface area contributed by atoms with Gasteiger partial charge < -0.3 is 19.9 Å². The summed E-state index contributed by atoms with van der Waals surface area (Å²) >= 11 is 0. The molecule has 5 nitrogen and oxygen atoms in total. The highest BCUT2D eigenvalue weighted by Gasteiger charge is 2.07. The molecular formula is C12H17NO4. The van der Waals surface area contributed by atoms with Gasteiger partial charge in [0.2, 0.25) is 0 Å². The second kappa shape index (κ2) is 6.75. The van der Waals surface area contributed by atoms with E-state index < -0.39 is 5.97 Å². The molecule has 1 rings (SSSR count). The molecule has 0 aliphatic heterocycles. The highest BCUT2D eigenvalue weighted by Crippen LogP contribution is 2.23. The van der Waals surface area contributed by atoms with Gasteiger partial charge in [-0.05, 0) is 25.1 Å². The molecule has 0 aliphatic rings. The van der Waals surface area contributed by atoms with Gasteiger partial charge in [0, 0.05) is 12.1 Å². The largest absolute Gasteiger partial charge is 0.497 e. The zero-order valence-corrected chi connectivity index (χ0v) is 10.1. The Kier molecular flexibility index (Phi) is 5.29. The Morgan fingerprint density at radius 3 is 2.76 bits per heavy atom. The second-order valence-corrected chi connectivity index (χ2v) is 3.27. The predicted molar refractivity (Wildman–Crippen MR) is 63.0 cm³/mol. The summed E-state index contributed by atoms with van der Waals surface area (Å²) < 4.78 is 15.2. The second-order valence-electron chi connectivity index (χ2n) is 3.27. The van der Waals surface area contributed by atoms with Crippen molar-refractivity contribution in [1.82, 2.24) is 0 Å². The standard InChI is InChI=1S/C12H17NO4/c1-3-16-12(14)8-17-11-5-4-10(15-2)6-9(11)7-13/h4-6H,3,7-8,13H2,1-2H3. The first-order valence-corrected chi connectivity index (χ1v) is 5.36. The number of benzene rings is 1. The minimum atomic E-state index is -0.397. The van der Waals surface area contributed by atoms with Gasteiger partial charge in [0.05, 0.1) is 13.7 Å². The van der Waals surface area contributed by atoms with Crippen LogP contribution in [0.5, 0.6) is 11.5 Å². The van der Waals surface area contributed by atoms with Gasteiger partial charge in [0.25, 0.3) is 0 Å². The summed E-state index contributed by atoms with van der Waals surface area (Å²) in [5, 5.41) is 0. The molecule has 17 heavy (non-hydrogen) atoms. The predicted octanol–water partition coefficient (Wildman–Crippen LogP) is 1.10. The summed E-state index contributed by atoms with van der Waals surface area (Å²) in [6.07, 6.45) is 0. The van der Waals surface area contributed by atoms with Crippen molar-refractivity contribution in [2.45, 2.75) is 13.5 Å². The number of hydrogen-bond donors (Lipinski definition) is 1. The maximum atomic E-state index is 11.1. The Hall–Kier alpha value is -1.75. The molecule has 0 amide bonds. The van der Waals surface area contributed by atoms with Crippen LogP contribution in [0.15, 0.2) is 18.2 Å². The smallest absolute Gasteiger partial charge is 0.344 e. The first kappa shape index (κ1) is 13.3.